The van der Waals surface area contributed by atoms with Gasteiger partial charge in [-0.3, -0.25) is 0 Å². The van der Waals surface area contributed by atoms with Gasteiger partial charge < -0.3 is 4.74 Å². The third-order valence-electron chi connectivity index (χ3n) is 3.28. The predicted molar refractivity (Wildman–Crippen MR) is 71.0 cm³/mol. The lowest BCUT2D eigenvalue weighted by molar-refractivity contribution is -0.0368. The van der Waals surface area contributed by atoms with Crippen molar-refractivity contribution in [3.05, 3.63) is 28.4 Å². The number of fused-ring (bicyclic) bond motifs is 1. The third kappa shape index (κ3) is 2.00. The van der Waals surface area contributed by atoms with E-state index in [2.05, 4.69) is 39.2 Å². The molecule has 0 N–H and O–H groups in total. The second-order valence-electron chi connectivity index (χ2n) is 4.51. The summed E-state index contributed by atoms with van der Waals surface area (Å²) < 4.78 is 8.94. The number of hydrogen-bond donors (Lipinski definition) is 0. The summed E-state index contributed by atoms with van der Waals surface area (Å²) in [5, 5.41) is 5.83. The standard InChI is InChI=1S/C13H15BrN2O/c1-9-11-8-10(14)5-6-12(11)16(15-9)13-4-2-3-7-17-13/h5-6,8,13H,2-4,7H2,1H3. The van der Waals surface area contributed by atoms with E-state index >= 15 is 0 Å². The van der Waals surface area contributed by atoms with Crippen LogP contribution in [0.4, 0.5) is 0 Å². The first-order valence-corrected chi connectivity index (χ1v) is 6.81. The molecule has 0 spiro atoms. The molecule has 1 aromatic heterocycles. The minimum Gasteiger partial charge on any atom is -0.356 e. The van der Waals surface area contributed by atoms with Gasteiger partial charge in [0.2, 0.25) is 0 Å². The van der Waals surface area contributed by atoms with Gasteiger partial charge in [-0.1, -0.05) is 15.9 Å². The maximum Gasteiger partial charge on any atom is 0.150 e. The SMILES string of the molecule is Cc1nn(C2CCCCO2)c2ccc(Br)cc12. The summed E-state index contributed by atoms with van der Waals surface area (Å²) in [5.41, 5.74) is 2.23. The maximum atomic E-state index is 5.80. The van der Waals surface area contributed by atoms with Crippen molar-refractivity contribution in [1.82, 2.24) is 9.78 Å². The predicted octanol–water partition coefficient (Wildman–Crippen LogP) is 3.81. The molecule has 90 valence electrons. The second-order valence-corrected chi connectivity index (χ2v) is 5.43. The first-order valence-electron chi connectivity index (χ1n) is 6.02. The zero-order chi connectivity index (χ0) is 11.8. The van der Waals surface area contributed by atoms with Gasteiger partial charge >= 0.3 is 0 Å². The number of ether oxygens (including phenoxy) is 1. The summed E-state index contributed by atoms with van der Waals surface area (Å²) >= 11 is 3.50. The number of aryl methyl sites for hydroxylation is 1. The van der Waals surface area contributed by atoms with Crippen LogP contribution in [-0.4, -0.2) is 16.4 Å². The molecule has 1 atom stereocenters. The first kappa shape index (κ1) is 11.2. The van der Waals surface area contributed by atoms with Crippen LogP contribution in [0.15, 0.2) is 22.7 Å². The van der Waals surface area contributed by atoms with Crippen LogP contribution in [0.2, 0.25) is 0 Å². The van der Waals surface area contributed by atoms with Crippen molar-refractivity contribution >= 4 is 26.8 Å². The summed E-state index contributed by atoms with van der Waals surface area (Å²) in [4.78, 5) is 0. The molecule has 1 unspecified atom stereocenters. The number of aromatic nitrogens is 2. The first-order chi connectivity index (χ1) is 8.25. The van der Waals surface area contributed by atoms with Gasteiger partial charge in [0.25, 0.3) is 0 Å². The van der Waals surface area contributed by atoms with Gasteiger partial charge in [-0.15, -0.1) is 0 Å². The van der Waals surface area contributed by atoms with E-state index in [4.69, 9.17) is 4.74 Å². The summed E-state index contributed by atoms with van der Waals surface area (Å²) in [5.74, 6) is 0. The molecule has 1 fully saturated rings. The molecule has 17 heavy (non-hydrogen) atoms. The molecule has 2 heterocycles. The van der Waals surface area contributed by atoms with Crippen LogP contribution in [0.25, 0.3) is 10.9 Å². The minimum absolute atomic E-state index is 0.112. The Balaban J connectivity index is 2.10. The summed E-state index contributed by atoms with van der Waals surface area (Å²) in [6.45, 7) is 2.90. The normalized spacial score (nSPS) is 20.9. The zero-order valence-corrected chi connectivity index (χ0v) is 11.4. The topological polar surface area (TPSA) is 27.1 Å². The summed E-state index contributed by atoms with van der Waals surface area (Å²) in [6, 6.07) is 6.29. The average Bonchev–Trinajstić information content (AvgIpc) is 2.68. The smallest absolute Gasteiger partial charge is 0.150 e. The van der Waals surface area contributed by atoms with E-state index in [0.29, 0.717) is 0 Å². The van der Waals surface area contributed by atoms with Gasteiger partial charge in [0.1, 0.15) is 0 Å². The Bertz CT molecular complexity index is 544. The summed E-state index contributed by atoms with van der Waals surface area (Å²) in [7, 11) is 0. The monoisotopic (exact) mass is 294 g/mol. The quantitative estimate of drug-likeness (QED) is 0.800. The number of nitrogens with zero attached hydrogens (tertiary/aromatic N) is 2. The van der Waals surface area contributed by atoms with Crippen molar-refractivity contribution in [3.63, 3.8) is 0 Å². The van der Waals surface area contributed by atoms with E-state index in [1.165, 1.54) is 18.2 Å². The lowest BCUT2D eigenvalue weighted by Gasteiger charge is -2.23. The van der Waals surface area contributed by atoms with Gasteiger partial charge in [-0.25, -0.2) is 4.68 Å². The van der Waals surface area contributed by atoms with Gasteiger partial charge in [0, 0.05) is 16.5 Å². The van der Waals surface area contributed by atoms with Crippen molar-refractivity contribution in [2.75, 3.05) is 6.61 Å². The lowest BCUT2D eigenvalue weighted by atomic mass is 10.2. The molecule has 0 aliphatic carbocycles. The van der Waals surface area contributed by atoms with Gasteiger partial charge in [0.15, 0.2) is 6.23 Å². The maximum absolute atomic E-state index is 5.80. The van der Waals surface area contributed by atoms with E-state index in [-0.39, 0.29) is 6.23 Å². The molecule has 1 saturated heterocycles. The molecule has 0 radical (unpaired) electrons. The van der Waals surface area contributed by atoms with Crippen LogP contribution in [0.3, 0.4) is 0 Å². The molecular formula is C13H15BrN2O. The molecule has 1 aliphatic rings. The van der Waals surface area contributed by atoms with E-state index < -0.39 is 0 Å². The number of halogens is 1. The van der Waals surface area contributed by atoms with Crippen LogP contribution in [0.1, 0.15) is 31.2 Å². The number of rotatable bonds is 1. The van der Waals surface area contributed by atoms with E-state index in [0.717, 1.165) is 28.7 Å². The molecule has 0 saturated carbocycles. The Morgan fingerprint density at radius 1 is 1.41 bits per heavy atom. The van der Waals surface area contributed by atoms with Crippen molar-refractivity contribution in [1.29, 1.82) is 0 Å². The fraction of sp³-hybridized carbons (Fsp3) is 0.462. The zero-order valence-electron chi connectivity index (χ0n) is 9.82. The van der Waals surface area contributed by atoms with Crippen molar-refractivity contribution in [2.45, 2.75) is 32.4 Å². The van der Waals surface area contributed by atoms with Crippen molar-refractivity contribution in [3.8, 4) is 0 Å². The Kier molecular flexibility index (Phi) is 2.92. The molecule has 3 rings (SSSR count). The largest absolute Gasteiger partial charge is 0.356 e. The molecular weight excluding hydrogens is 280 g/mol. The Morgan fingerprint density at radius 2 is 2.29 bits per heavy atom. The highest BCUT2D eigenvalue weighted by molar-refractivity contribution is 9.10. The van der Waals surface area contributed by atoms with E-state index in [1.807, 2.05) is 11.6 Å². The molecule has 1 aliphatic heterocycles. The van der Waals surface area contributed by atoms with Gasteiger partial charge in [0.05, 0.1) is 11.2 Å². The van der Waals surface area contributed by atoms with Gasteiger partial charge in [-0.2, -0.15) is 5.10 Å². The second kappa shape index (κ2) is 4.42. The van der Waals surface area contributed by atoms with Crippen LogP contribution < -0.4 is 0 Å². The van der Waals surface area contributed by atoms with Crippen LogP contribution in [0.5, 0.6) is 0 Å². The fourth-order valence-electron chi connectivity index (χ4n) is 2.40. The molecule has 0 amide bonds. The Labute approximate surface area is 109 Å². The molecule has 4 heteroatoms. The van der Waals surface area contributed by atoms with Crippen molar-refractivity contribution < 1.29 is 4.74 Å². The van der Waals surface area contributed by atoms with Gasteiger partial charge in [-0.05, 0) is 44.4 Å². The van der Waals surface area contributed by atoms with E-state index in [1.54, 1.807) is 0 Å². The molecule has 1 aromatic carbocycles. The minimum atomic E-state index is 0.112. The Morgan fingerprint density at radius 3 is 3.06 bits per heavy atom. The molecule has 2 aromatic rings. The molecule has 3 nitrogen and oxygen atoms in total. The van der Waals surface area contributed by atoms with Crippen LogP contribution in [-0.2, 0) is 4.74 Å². The van der Waals surface area contributed by atoms with Crippen LogP contribution >= 0.6 is 15.9 Å². The van der Waals surface area contributed by atoms with Crippen molar-refractivity contribution in [2.24, 2.45) is 0 Å². The number of hydrogen-bond acceptors (Lipinski definition) is 2. The van der Waals surface area contributed by atoms with E-state index in [9.17, 15) is 0 Å². The highest BCUT2D eigenvalue weighted by Crippen LogP contribution is 2.29. The fourth-order valence-corrected chi connectivity index (χ4v) is 2.76. The number of benzene rings is 1. The van der Waals surface area contributed by atoms with Crippen LogP contribution in [0, 0.1) is 6.92 Å². The average molecular weight is 295 g/mol. The lowest BCUT2D eigenvalue weighted by Crippen LogP contribution is -2.19. The Hall–Kier alpha value is -0.870. The highest BCUT2D eigenvalue weighted by Gasteiger charge is 2.19. The third-order valence-corrected chi connectivity index (χ3v) is 3.77. The summed E-state index contributed by atoms with van der Waals surface area (Å²) in [6.07, 6.45) is 3.56. The molecule has 0 bridgehead atoms. The highest BCUT2D eigenvalue weighted by atomic mass is 79.9.